The van der Waals surface area contributed by atoms with Gasteiger partial charge in [0.2, 0.25) is 5.28 Å². The van der Waals surface area contributed by atoms with Crippen LogP contribution in [0, 0.1) is 0 Å². The van der Waals surface area contributed by atoms with Gasteiger partial charge in [-0.3, -0.25) is 0 Å². The first kappa shape index (κ1) is 14.6. The molecule has 0 aliphatic carbocycles. The highest BCUT2D eigenvalue weighted by Gasteiger charge is 2.13. The average molecular weight is 337 g/mol. The molecule has 0 amide bonds. The summed E-state index contributed by atoms with van der Waals surface area (Å²) in [4.78, 5) is 11.9. The summed E-state index contributed by atoms with van der Waals surface area (Å²) in [5.41, 5.74) is 0. The van der Waals surface area contributed by atoms with E-state index >= 15 is 0 Å². The minimum atomic E-state index is 0.282. The van der Waals surface area contributed by atoms with E-state index in [0.29, 0.717) is 0 Å². The van der Waals surface area contributed by atoms with Crippen molar-refractivity contribution in [3.63, 3.8) is 0 Å². The lowest BCUT2D eigenvalue weighted by Gasteiger charge is -2.07. The number of aromatic nitrogens is 2. The third kappa shape index (κ3) is 3.00. The zero-order chi connectivity index (χ0) is 14.8. The summed E-state index contributed by atoms with van der Waals surface area (Å²) in [6.07, 6.45) is 0.984. The summed E-state index contributed by atoms with van der Waals surface area (Å²) in [7, 11) is 1.67. The maximum Gasteiger partial charge on any atom is 0.224 e. The van der Waals surface area contributed by atoms with Gasteiger partial charge in [0.05, 0.1) is 12.0 Å². The first-order valence-corrected chi connectivity index (χ1v) is 8.49. The van der Waals surface area contributed by atoms with Gasteiger partial charge in [-0.25, -0.2) is 9.97 Å². The van der Waals surface area contributed by atoms with Gasteiger partial charge in [-0.2, -0.15) is 0 Å². The summed E-state index contributed by atoms with van der Waals surface area (Å²) in [6, 6.07) is 10.0. The van der Waals surface area contributed by atoms with E-state index in [9.17, 15) is 0 Å². The second-order valence-electron chi connectivity index (χ2n) is 4.34. The zero-order valence-electron chi connectivity index (χ0n) is 11.6. The van der Waals surface area contributed by atoms with Crippen LogP contribution in [-0.2, 0) is 6.42 Å². The number of thiophene rings is 1. The summed E-state index contributed by atoms with van der Waals surface area (Å²) < 4.78 is 5.39. The van der Waals surface area contributed by atoms with Gasteiger partial charge in [-0.15, -0.1) is 11.3 Å². The number of methoxy groups -OCH3 is 1. The molecule has 0 N–H and O–H groups in total. The maximum absolute atomic E-state index is 6.06. The van der Waals surface area contributed by atoms with Gasteiger partial charge in [0.25, 0.3) is 0 Å². The van der Waals surface area contributed by atoms with Crippen molar-refractivity contribution in [3.8, 4) is 5.75 Å². The third-order valence-electron chi connectivity index (χ3n) is 3.01. The molecule has 0 saturated carbocycles. The molecule has 21 heavy (non-hydrogen) atoms. The second kappa shape index (κ2) is 6.22. The second-order valence-corrected chi connectivity index (χ2v) is 6.82. The van der Waals surface area contributed by atoms with E-state index in [1.54, 1.807) is 30.2 Å². The fourth-order valence-electron chi connectivity index (χ4n) is 1.98. The molecule has 0 radical (unpaired) electrons. The summed E-state index contributed by atoms with van der Waals surface area (Å²) in [5, 5.41) is 2.20. The highest BCUT2D eigenvalue weighted by atomic mass is 35.5. The topological polar surface area (TPSA) is 35.0 Å². The number of hydrogen-bond donors (Lipinski definition) is 0. The Kier molecular flexibility index (Phi) is 4.33. The lowest BCUT2D eigenvalue weighted by Crippen LogP contribution is -1.89. The Morgan fingerprint density at radius 2 is 2.10 bits per heavy atom. The molecule has 0 unspecified atom stereocenters. The van der Waals surface area contributed by atoms with Crippen LogP contribution in [-0.4, -0.2) is 17.1 Å². The molecular formula is C15H13ClN2OS2. The molecule has 0 aliphatic heterocycles. The van der Waals surface area contributed by atoms with E-state index in [4.69, 9.17) is 16.3 Å². The predicted molar refractivity (Wildman–Crippen MR) is 88.9 cm³/mol. The number of nitrogens with zero attached hydrogens (tertiary/aromatic N) is 2. The number of para-hydroxylation sites is 1. The molecule has 3 aromatic rings. The summed E-state index contributed by atoms with van der Waals surface area (Å²) >= 11 is 9.27. The van der Waals surface area contributed by atoms with Gasteiger partial charge in [-0.1, -0.05) is 30.8 Å². The molecule has 1 aromatic carbocycles. The van der Waals surface area contributed by atoms with Crippen LogP contribution in [0.5, 0.6) is 5.75 Å². The summed E-state index contributed by atoms with van der Waals surface area (Å²) in [5.74, 6) is 0.830. The molecular weight excluding hydrogens is 324 g/mol. The molecule has 0 spiro atoms. The molecule has 3 rings (SSSR count). The first-order chi connectivity index (χ1) is 10.2. The molecule has 0 saturated heterocycles. The molecule has 3 nitrogen and oxygen atoms in total. The average Bonchev–Trinajstić information content (AvgIpc) is 2.91. The van der Waals surface area contributed by atoms with Crippen molar-refractivity contribution in [1.82, 2.24) is 9.97 Å². The van der Waals surface area contributed by atoms with Crippen molar-refractivity contribution >= 4 is 44.9 Å². The van der Waals surface area contributed by atoms with Crippen LogP contribution < -0.4 is 4.74 Å². The van der Waals surface area contributed by atoms with Crippen LogP contribution in [0.15, 0.2) is 40.3 Å². The van der Waals surface area contributed by atoms with E-state index in [1.807, 2.05) is 24.3 Å². The number of halogens is 1. The zero-order valence-corrected chi connectivity index (χ0v) is 14.0. The van der Waals surface area contributed by atoms with Gasteiger partial charge >= 0.3 is 0 Å². The molecule has 6 heteroatoms. The smallest absolute Gasteiger partial charge is 0.224 e. The lowest BCUT2D eigenvalue weighted by molar-refractivity contribution is 0.405. The quantitative estimate of drug-likeness (QED) is 0.492. The van der Waals surface area contributed by atoms with Crippen molar-refractivity contribution in [2.75, 3.05) is 7.11 Å². The molecule has 0 atom stereocenters. The van der Waals surface area contributed by atoms with Crippen LogP contribution in [0.1, 0.15) is 11.8 Å². The summed E-state index contributed by atoms with van der Waals surface area (Å²) in [6.45, 7) is 2.13. The van der Waals surface area contributed by atoms with Crippen LogP contribution >= 0.6 is 34.7 Å². The van der Waals surface area contributed by atoms with Crippen molar-refractivity contribution in [2.45, 2.75) is 23.3 Å². The van der Waals surface area contributed by atoms with Crippen LogP contribution in [0.4, 0.5) is 0 Å². The number of fused-ring (bicyclic) bond motifs is 1. The standard InChI is InChI=1S/C15H13ClN2OS2/c1-3-9-8-10-13(20-9)17-15(16)18-14(10)21-12-7-5-4-6-11(12)19-2/h4-8H,3H2,1-2H3. The molecule has 0 bridgehead atoms. The minimum absolute atomic E-state index is 0.282. The van der Waals surface area contributed by atoms with E-state index in [1.165, 1.54) is 4.88 Å². The largest absolute Gasteiger partial charge is 0.496 e. The Bertz CT molecular complexity index is 788. The fourth-order valence-corrected chi connectivity index (χ4v) is 4.29. The molecule has 0 fully saturated rings. The Labute approximate surface area is 136 Å². The van der Waals surface area contributed by atoms with E-state index in [0.717, 1.165) is 32.3 Å². The van der Waals surface area contributed by atoms with Crippen molar-refractivity contribution in [2.24, 2.45) is 0 Å². The van der Waals surface area contributed by atoms with Gasteiger partial charge in [0.1, 0.15) is 15.6 Å². The van der Waals surface area contributed by atoms with Crippen molar-refractivity contribution in [1.29, 1.82) is 0 Å². The Balaban J connectivity index is 2.09. The molecule has 0 aliphatic rings. The first-order valence-electron chi connectivity index (χ1n) is 6.48. The van der Waals surface area contributed by atoms with Crippen LogP contribution in [0.25, 0.3) is 10.2 Å². The molecule has 2 heterocycles. The monoisotopic (exact) mass is 336 g/mol. The fraction of sp³-hybridized carbons (Fsp3) is 0.200. The SMILES string of the molecule is CCc1cc2c(Sc3ccccc3OC)nc(Cl)nc2s1. The van der Waals surface area contributed by atoms with Gasteiger partial charge in [-0.05, 0) is 36.2 Å². The van der Waals surface area contributed by atoms with Gasteiger partial charge in [0.15, 0.2) is 0 Å². The van der Waals surface area contributed by atoms with Crippen LogP contribution in [0.2, 0.25) is 5.28 Å². The van der Waals surface area contributed by atoms with Gasteiger partial charge in [0, 0.05) is 10.3 Å². The predicted octanol–water partition coefficient (Wildman–Crippen LogP) is 5.07. The minimum Gasteiger partial charge on any atom is -0.496 e. The highest BCUT2D eigenvalue weighted by Crippen LogP contribution is 2.39. The van der Waals surface area contributed by atoms with E-state index < -0.39 is 0 Å². The van der Waals surface area contributed by atoms with E-state index in [-0.39, 0.29) is 5.28 Å². The maximum atomic E-state index is 6.06. The Morgan fingerprint density at radius 1 is 1.29 bits per heavy atom. The van der Waals surface area contributed by atoms with Crippen molar-refractivity contribution in [3.05, 3.63) is 40.5 Å². The molecule has 2 aromatic heterocycles. The normalized spacial score (nSPS) is 11.0. The number of hydrogen-bond acceptors (Lipinski definition) is 5. The highest BCUT2D eigenvalue weighted by molar-refractivity contribution is 7.99. The van der Waals surface area contributed by atoms with Gasteiger partial charge < -0.3 is 4.74 Å². The lowest BCUT2D eigenvalue weighted by atomic mass is 10.3. The van der Waals surface area contributed by atoms with Crippen LogP contribution in [0.3, 0.4) is 0 Å². The molecule has 108 valence electrons. The number of ether oxygens (including phenoxy) is 1. The Morgan fingerprint density at radius 3 is 2.86 bits per heavy atom. The van der Waals surface area contributed by atoms with E-state index in [2.05, 4.69) is 23.0 Å². The Hall–Kier alpha value is -1.30. The number of rotatable bonds is 4. The third-order valence-corrected chi connectivity index (χ3v) is 5.41. The number of benzene rings is 1. The number of aryl methyl sites for hydroxylation is 1. The van der Waals surface area contributed by atoms with Crippen molar-refractivity contribution < 1.29 is 4.74 Å².